The van der Waals surface area contributed by atoms with E-state index in [1.54, 1.807) is 11.3 Å². The van der Waals surface area contributed by atoms with Crippen molar-refractivity contribution >= 4 is 45.6 Å². The number of halogens is 1. The van der Waals surface area contributed by atoms with Gasteiger partial charge in [0.2, 0.25) is 0 Å². The highest BCUT2D eigenvalue weighted by molar-refractivity contribution is 7.28. The van der Waals surface area contributed by atoms with Gasteiger partial charge in [-0.1, -0.05) is 139 Å². The van der Waals surface area contributed by atoms with E-state index in [-0.39, 0.29) is 0 Å². The molecule has 46 heavy (non-hydrogen) atoms. The molecule has 0 N–H and O–H groups in total. The lowest BCUT2D eigenvalue weighted by molar-refractivity contribution is 1.57. The molecule has 0 unspecified atom stereocenters. The monoisotopic (exact) mass is 662 g/mol. The Bertz CT molecular complexity index is 2220. The molecular weight excluding hydrogens is 636 g/mol. The number of benzene rings is 5. The van der Waals surface area contributed by atoms with Gasteiger partial charge in [0.05, 0.1) is 4.34 Å². The van der Waals surface area contributed by atoms with Gasteiger partial charge in [-0.15, -0.1) is 34.0 Å². The maximum Gasteiger partial charge on any atom is 0.0935 e. The van der Waals surface area contributed by atoms with Crippen LogP contribution in [0.15, 0.2) is 164 Å². The van der Waals surface area contributed by atoms with E-state index < -0.39 is 0 Å². The van der Waals surface area contributed by atoms with Crippen LogP contribution in [0.2, 0.25) is 4.34 Å². The molecular formula is C42H27ClS3. The summed E-state index contributed by atoms with van der Waals surface area (Å²) < 4.78 is 0.829. The van der Waals surface area contributed by atoms with Crippen LogP contribution in [0.4, 0.5) is 0 Å². The summed E-state index contributed by atoms with van der Waals surface area (Å²) in [6.07, 6.45) is 0. The van der Waals surface area contributed by atoms with Gasteiger partial charge in [0, 0.05) is 24.4 Å². The third-order valence-electron chi connectivity index (χ3n) is 8.20. The highest BCUT2D eigenvalue weighted by atomic mass is 35.5. The molecule has 0 fully saturated rings. The lowest BCUT2D eigenvalue weighted by atomic mass is 9.97. The van der Waals surface area contributed by atoms with Gasteiger partial charge in [-0.05, 0) is 86.5 Å². The molecule has 0 aliphatic carbocycles. The smallest absolute Gasteiger partial charge is 0.0935 e. The van der Waals surface area contributed by atoms with Crippen LogP contribution in [0, 0.1) is 0 Å². The summed E-state index contributed by atoms with van der Waals surface area (Å²) in [7, 11) is 0. The quantitative estimate of drug-likeness (QED) is 0.159. The van der Waals surface area contributed by atoms with Crippen molar-refractivity contribution in [1.29, 1.82) is 0 Å². The largest absolute Gasteiger partial charge is 0.134 e. The van der Waals surface area contributed by atoms with Gasteiger partial charge >= 0.3 is 0 Å². The Kier molecular flexibility index (Phi) is 7.99. The van der Waals surface area contributed by atoms with E-state index in [2.05, 4.69) is 158 Å². The molecule has 0 radical (unpaired) electrons. The molecule has 8 aromatic rings. The number of hydrogen-bond donors (Lipinski definition) is 0. The number of rotatable bonds is 7. The summed E-state index contributed by atoms with van der Waals surface area (Å²) in [6.45, 7) is 0. The Morgan fingerprint density at radius 1 is 0.239 bits per heavy atom. The average molecular weight is 663 g/mol. The van der Waals surface area contributed by atoms with Gasteiger partial charge < -0.3 is 0 Å². The Hall–Kier alpha value is -4.51. The van der Waals surface area contributed by atoms with E-state index in [1.807, 2.05) is 28.7 Å². The van der Waals surface area contributed by atoms with Gasteiger partial charge in [0.25, 0.3) is 0 Å². The van der Waals surface area contributed by atoms with E-state index in [0.717, 1.165) is 4.34 Å². The third-order valence-corrected chi connectivity index (χ3v) is 12.0. The number of thiophene rings is 3. The van der Waals surface area contributed by atoms with Crippen LogP contribution < -0.4 is 0 Å². The van der Waals surface area contributed by atoms with Crippen LogP contribution in [0.25, 0.3) is 74.5 Å². The second kappa shape index (κ2) is 12.7. The fraction of sp³-hybridized carbons (Fsp3) is 0. The highest BCUT2D eigenvalue weighted by Gasteiger charge is 2.11. The molecule has 0 spiro atoms. The maximum absolute atomic E-state index is 6.15. The molecule has 0 amide bonds. The minimum Gasteiger partial charge on any atom is -0.134 e. The molecule has 220 valence electrons. The zero-order valence-electron chi connectivity index (χ0n) is 24.7. The Labute approximate surface area is 286 Å². The average Bonchev–Trinajstić information content (AvgIpc) is 3.91. The predicted molar refractivity (Wildman–Crippen MR) is 203 cm³/mol. The first-order chi connectivity index (χ1) is 22.7. The number of hydrogen-bond acceptors (Lipinski definition) is 3. The van der Waals surface area contributed by atoms with Crippen molar-refractivity contribution in [2.45, 2.75) is 0 Å². The minimum absolute atomic E-state index is 0.829. The van der Waals surface area contributed by atoms with E-state index in [1.165, 1.54) is 74.5 Å². The predicted octanol–water partition coefficient (Wildman–Crippen LogP) is 14.2. The maximum atomic E-state index is 6.15. The van der Waals surface area contributed by atoms with Crippen LogP contribution in [0.5, 0.6) is 0 Å². The fourth-order valence-corrected chi connectivity index (χ4v) is 8.94. The van der Waals surface area contributed by atoms with E-state index >= 15 is 0 Å². The summed E-state index contributed by atoms with van der Waals surface area (Å²) in [5.41, 5.74) is 11.1. The topological polar surface area (TPSA) is 0 Å². The van der Waals surface area contributed by atoms with Crippen molar-refractivity contribution in [2.24, 2.45) is 0 Å². The van der Waals surface area contributed by atoms with Gasteiger partial charge in [-0.3, -0.25) is 0 Å². The molecule has 0 nitrogen and oxygen atoms in total. The summed E-state index contributed by atoms with van der Waals surface area (Å²) in [4.78, 5) is 6.35. The molecule has 0 aliphatic rings. The second-order valence-electron chi connectivity index (χ2n) is 11.1. The van der Waals surface area contributed by atoms with Crippen LogP contribution in [-0.4, -0.2) is 0 Å². The summed E-state index contributed by atoms with van der Waals surface area (Å²) >= 11 is 11.4. The first kappa shape index (κ1) is 28.9. The van der Waals surface area contributed by atoms with Crippen molar-refractivity contribution in [3.05, 3.63) is 168 Å². The second-order valence-corrected chi connectivity index (χ2v) is 15.0. The molecule has 3 aromatic heterocycles. The Morgan fingerprint density at radius 2 is 0.522 bits per heavy atom. The molecule has 0 saturated carbocycles. The van der Waals surface area contributed by atoms with Crippen molar-refractivity contribution in [2.75, 3.05) is 0 Å². The Morgan fingerprint density at radius 3 is 0.891 bits per heavy atom. The normalized spacial score (nSPS) is 11.2. The zero-order chi connectivity index (χ0) is 30.9. The van der Waals surface area contributed by atoms with Crippen molar-refractivity contribution in [1.82, 2.24) is 0 Å². The molecule has 0 atom stereocenters. The first-order valence-electron chi connectivity index (χ1n) is 15.1. The van der Waals surface area contributed by atoms with Crippen LogP contribution in [0.1, 0.15) is 0 Å². The molecule has 4 heteroatoms. The SMILES string of the molecule is Clc1ccc(-c2ccc(-c3ccc(-c4ccc(-c5ccc(-c6ccc(-c7ccc(-c8ccccc8)cc7)cc6)cc5)cc4)s3)s2)s1. The van der Waals surface area contributed by atoms with Gasteiger partial charge in [0.1, 0.15) is 0 Å². The summed E-state index contributed by atoms with van der Waals surface area (Å²) in [5, 5.41) is 0. The minimum atomic E-state index is 0.829. The molecule has 3 heterocycles. The standard InChI is InChI=1S/C42H27ClS3/c43-42-27-26-41(46-42)40-25-24-39(45-40)38-23-22-37(44-38)36-20-18-35(19-21-36)34-16-14-33(15-17-34)32-12-10-31(11-13-32)30-8-6-29(7-9-30)28-4-2-1-3-5-28/h1-27H. The van der Waals surface area contributed by atoms with Crippen LogP contribution in [-0.2, 0) is 0 Å². The van der Waals surface area contributed by atoms with E-state index in [4.69, 9.17) is 11.6 Å². The molecule has 5 aromatic carbocycles. The fourth-order valence-electron chi connectivity index (χ4n) is 5.70. The van der Waals surface area contributed by atoms with Gasteiger partial charge in [0.15, 0.2) is 0 Å². The lowest BCUT2D eigenvalue weighted by Gasteiger charge is -2.08. The summed E-state index contributed by atoms with van der Waals surface area (Å²) in [5.74, 6) is 0. The van der Waals surface area contributed by atoms with Gasteiger partial charge in [-0.25, -0.2) is 0 Å². The lowest BCUT2D eigenvalue weighted by Crippen LogP contribution is -1.83. The highest BCUT2D eigenvalue weighted by Crippen LogP contribution is 2.42. The van der Waals surface area contributed by atoms with E-state index in [0.29, 0.717) is 0 Å². The van der Waals surface area contributed by atoms with E-state index in [9.17, 15) is 0 Å². The molecule has 0 bridgehead atoms. The Balaban J connectivity index is 0.939. The van der Waals surface area contributed by atoms with Gasteiger partial charge in [-0.2, -0.15) is 0 Å². The summed E-state index contributed by atoms with van der Waals surface area (Å²) in [6, 6.07) is 58.9. The molecule has 0 aliphatic heterocycles. The van der Waals surface area contributed by atoms with Crippen molar-refractivity contribution < 1.29 is 0 Å². The first-order valence-corrected chi connectivity index (χ1v) is 17.9. The molecule has 0 saturated heterocycles. The third kappa shape index (κ3) is 6.03. The van der Waals surface area contributed by atoms with Crippen LogP contribution in [0.3, 0.4) is 0 Å². The zero-order valence-corrected chi connectivity index (χ0v) is 27.9. The van der Waals surface area contributed by atoms with Crippen molar-refractivity contribution in [3.8, 4) is 74.5 Å². The van der Waals surface area contributed by atoms with Crippen LogP contribution >= 0.6 is 45.6 Å². The van der Waals surface area contributed by atoms with Crippen molar-refractivity contribution in [3.63, 3.8) is 0 Å². The molecule has 8 rings (SSSR count).